The van der Waals surface area contributed by atoms with Crippen LogP contribution < -0.4 is 10.1 Å². The molecule has 1 aromatic rings. The van der Waals surface area contributed by atoms with Crippen molar-refractivity contribution < 1.29 is 14.6 Å². The topological polar surface area (TPSA) is 84.3 Å². The molecule has 1 aromatic heterocycles. The summed E-state index contributed by atoms with van der Waals surface area (Å²) in [6.45, 7) is 6.30. The molecule has 0 amide bonds. The quantitative estimate of drug-likeness (QED) is 0.751. The molecule has 0 aliphatic rings. The smallest absolute Gasteiger partial charge is 0.305 e. The number of rotatable bonds is 8. The summed E-state index contributed by atoms with van der Waals surface area (Å²) in [7, 11) is 0. The summed E-state index contributed by atoms with van der Waals surface area (Å²) < 4.78 is 5.39. The first-order chi connectivity index (χ1) is 9.08. The van der Waals surface area contributed by atoms with Crippen LogP contribution in [0.2, 0.25) is 0 Å². The lowest BCUT2D eigenvalue weighted by molar-refractivity contribution is -0.137. The van der Waals surface area contributed by atoms with Crippen LogP contribution >= 0.6 is 0 Å². The van der Waals surface area contributed by atoms with E-state index in [0.29, 0.717) is 18.3 Å². The van der Waals surface area contributed by atoms with E-state index in [9.17, 15) is 4.79 Å². The number of nitrogens with zero attached hydrogens (tertiary/aromatic N) is 2. The standard InChI is InChI=1S/C13H21N3O3/c1-4-6-10(7-11(17)18)16-12-9(3)13(19-5-2)15-8-14-12/h8,10H,4-7H2,1-3H3,(H,17,18)(H,14,15,16). The Morgan fingerprint density at radius 2 is 2.21 bits per heavy atom. The van der Waals surface area contributed by atoms with E-state index < -0.39 is 5.97 Å². The van der Waals surface area contributed by atoms with E-state index in [0.717, 1.165) is 18.4 Å². The number of carboxylic acids is 1. The highest BCUT2D eigenvalue weighted by atomic mass is 16.5. The molecule has 1 atom stereocenters. The van der Waals surface area contributed by atoms with E-state index in [4.69, 9.17) is 9.84 Å². The van der Waals surface area contributed by atoms with Gasteiger partial charge in [0.25, 0.3) is 0 Å². The van der Waals surface area contributed by atoms with Gasteiger partial charge in [0.05, 0.1) is 18.6 Å². The largest absolute Gasteiger partial charge is 0.481 e. The summed E-state index contributed by atoms with van der Waals surface area (Å²) in [6, 6.07) is -0.134. The minimum Gasteiger partial charge on any atom is -0.481 e. The van der Waals surface area contributed by atoms with Gasteiger partial charge in [0, 0.05) is 6.04 Å². The number of aliphatic carboxylic acids is 1. The minimum absolute atomic E-state index is 0.0707. The zero-order valence-corrected chi connectivity index (χ0v) is 11.6. The van der Waals surface area contributed by atoms with Crippen LogP contribution in [0, 0.1) is 6.92 Å². The molecule has 0 saturated carbocycles. The summed E-state index contributed by atoms with van der Waals surface area (Å²) in [5.41, 5.74) is 0.802. The fourth-order valence-corrected chi connectivity index (χ4v) is 1.84. The van der Waals surface area contributed by atoms with Crippen LogP contribution in [0.3, 0.4) is 0 Å². The fraction of sp³-hybridized carbons (Fsp3) is 0.615. The molecule has 0 aliphatic carbocycles. The van der Waals surface area contributed by atoms with Gasteiger partial charge in [-0.2, -0.15) is 0 Å². The molecule has 1 rings (SSSR count). The lowest BCUT2D eigenvalue weighted by atomic mass is 10.1. The predicted molar refractivity (Wildman–Crippen MR) is 72.5 cm³/mol. The van der Waals surface area contributed by atoms with Crippen LogP contribution in [0.25, 0.3) is 0 Å². The van der Waals surface area contributed by atoms with Gasteiger partial charge in [0.15, 0.2) is 0 Å². The highest BCUT2D eigenvalue weighted by molar-refractivity contribution is 5.68. The molecule has 1 heterocycles. The first-order valence-corrected chi connectivity index (χ1v) is 6.51. The van der Waals surface area contributed by atoms with Gasteiger partial charge in [-0.25, -0.2) is 9.97 Å². The van der Waals surface area contributed by atoms with E-state index in [1.807, 2.05) is 20.8 Å². The van der Waals surface area contributed by atoms with Crippen molar-refractivity contribution in [3.8, 4) is 5.88 Å². The second-order valence-corrected chi connectivity index (χ2v) is 4.31. The summed E-state index contributed by atoms with van der Waals surface area (Å²) >= 11 is 0. The number of carbonyl (C=O) groups is 1. The summed E-state index contributed by atoms with van der Waals surface area (Å²) in [5, 5.41) is 12.1. The molecule has 106 valence electrons. The molecule has 6 nitrogen and oxygen atoms in total. The number of anilines is 1. The molecule has 1 unspecified atom stereocenters. The van der Waals surface area contributed by atoms with E-state index in [2.05, 4.69) is 15.3 Å². The molecule has 0 aromatic carbocycles. The lowest BCUT2D eigenvalue weighted by Crippen LogP contribution is -2.24. The Bertz CT molecular complexity index is 424. The van der Waals surface area contributed by atoms with Crippen molar-refractivity contribution in [2.24, 2.45) is 0 Å². The number of aromatic nitrogens is 2. The van der Waals surface area contributed by atoms with Crippen molar-refractivity contribution in [2.45, 2.75) is 46.1 Å². The molecule has 2 N–H and O–H groups in total. The molecule has 0 bridgehead atoms. The monoisotopic (exact) mass is 267 g/mol. The van der Waals surface area contributed by atoms with E-state index in [-0.39, 0.29) is 12.5 Å². The third-order valence-corrected chi connectivity index (χ3v) is 2.72. The maximum Gasteiger partial charge on any atom is 0.305 e. The van der Waals surface area contributed by atoms with E-state index in [1.54, 1.807) is 0 Å². The SMILES string of the molecule is CCCC(CC(=O)O)Nc1ncnc(OCC)c1C. The maximum atomic E-state index is 10.8. The van der Waals surface area contributed by atoms with Gasteiger partial charge in [-0.3, -0.25) is 4.79 Å². The number of carboxylic acid groups (broad SMARTS) is 1. The number of ether oxygens (including phenoxy) is 1. The molecule has 0 saturated heterocycles. The molecule has 0 radical (unpaired) electrons. The third-order valence-electron chi connectivity index (χ3n) is 2.72. The molecule has 0 aliphatic heterocycles. The summed E-state index contributed by atoms with van der Waals surface area (Å²) in [4.78, 5) is 19.0. The maximum absolute atomic E-state index is 10.8. The average molecular weight is 267 g/mol. The summed E-state index contributed by atoms with van der Waals surface area (Å²) in [6.07, 6.45) is 3.18. The second kappa shape index (κ2) is 7.56. The van der Waals surface area contributed by atoms with Crippen molar-refractivity contribution in [2.75, 3.05) is 11.9 Å². The Labute approximate surface area is 113 Å². The van der Waals surface area contributed by atoms with Gasteiger partial charge in [-0.15, -0.1) is 0 Å². The first-order valence-electron chi connectivity index (χ1n) is 6.51. The van der Waals surface area contributed by atoms with Crippen LogP contribution in [0.4, 0.5) is 5.82 Å². The Balaban J connectivity index is 2.83. The van der Waals surface area contributed by atoms with Crippen molar-refractivity contribution >= 4 is 11.8 Å². The van der Waals surface area contributed by atoms with Crippen molar-refractivity contribution in [1.29, 1.82) is 0 Å². The molecule has 0 fully saturated rings. The second-order valence-electron chi connectivity index (χ2n) is 4.31. The molecular weight excluding hydrogens is 246 g/mol. The molecule has 19 heavy (non-hydrogen) atoms. The van der Waals surface area contributed by atoms with E-state index >= 15 is 0 Å². The zero-order valence-electron chi connectivity index (χ0n) is 11.6. The molecule has 6 heteroatoms. The van der Waals surface area contributed by atoms with Gasteiger partial charge in [0.1, 0.15) is 12.1 Å². The van der Waals surface area contributed by atoms with Gasteiger partial charge in [-0.1, -0.05) is 13.3 Å². The van der Waals surface area contributed by atoms with Crippen molar-refractivity contribution in [1.82, 2.24) is 9.97 Å². The van der Waals surface area contributed by atoms with Crippen LogP contribution in [0.1, 0.15) is 38.7 Å². The minimum atomic E-state index is -0.817. The average Bonchev–Trinajstić information content (AvgIpc) is 2.34. The fourth-order valence-electron chi connectivity index (χ4n) is 1.84. The third kappa shape index (κ3) is 4.73. The van der Waals surface area contributed by atoms with E-state index in [1.165, 1.54) is 6.33 Å². The van der Waals surface area contributed by atoms with Crippen LogP contribution in [0.15, 0.2) is 6.33 Å². The normalized spacial score (nSPS) is 11.9. The van der Waals surface area contributed by atoms with Crippen LogP contribution in [-0.2, 0) is 4.79 Å². The predicted octanol–water partition coefficient (Wildman–Crippen LogP) is 2.24. The Kier molecular flexibility index (Phi) is 6.05. The highest BCUT2D eigenvalue weighted by Crippen LogP contribution is 2.22. The Morgan fingerprint density at radius 3 is 2.79 bits per heavy atom. The van der Waals surface area contributed by atoms with Crippen LogP contribution in [-0.4, -0.2) is 33.7 Å². The van der Waals surface area contributed by atoms with Gasteiger partial charge >= 0.3 is 5.97 Å². The Hall–Kier alpha value is -1.85. The Morgan fingerprint density at radius 1 is 1.47 bits per heavy atom. The molecular formula is C13H21N3O3. The highest BCUT2D eigenvalue weighted by Gasteiger charge is 2.15. The number of hydrogen-bond donors (Lipinski definition) is 2. The first kappa shape index (κ1) is 15.2. The number of hydrogen-bond acceptors (Lipinski definition) is 5. The van der Waals surface area contributed by atoms with Crippen molar-refractivity contribution in [3.63, 3.8) is 0 Å². The zero-order chi connectivity index (χ0) is 14.3. The van der Waals surface area contributed by atoms with Gasteiger partial charge in [-0.05, 0) is 20.3 Å². The van der Waals surface area contributed by atoms with Gasteiger partial charge < -0.3 is 15.2 Å². The lowest BCUT2D eigenvalue weighted by Gasteiger charge is -2.18. The summed E-state index contributed by atoms with van der Waals surface area (Å²) in [5.74, 6) is 0.353. The molecule has 0 spiro atoms. The van der Waals surface area contributed by atoms with Crippen LogP contribution in [0.5, 0.6) is 5.88 Å². The van der Waals surface area contributed by atoms with Gasteiger partial charge in [0.2, 0.25) is 5.88 Å². The van der Waals surface area contributed by atoms with Crippen molar-refractivity contribution in [3.05, 3.63) is 11.9 Å². The number of nitrogens with one attached hydrogen (secondary N) is 1.